The van der Waals surface area contributed by atoms with Gasteiger partial charge in [-0.05, 0) is 13.0 Å². The lowest BCUT2D eigenvalue weighted by Gasteiger charge is -2.19. The van der Waals surface area contributed by atoms with Crippen molar-refractivity contribution < 1.29 is 39.9 Å². The van der Waals surface area contributed by atoms with Crippen molar-refractivity contribution >= 4 is 34.5 Å². The number of benzene rings is 1. The molecule has 2 aromatic rings. The standard InChI is InChI=1S/C15H12N2O8/c1-15(14(24)25)3-5-8(17-15)7-4(12(20)21)2-6(13(22)23)16-9(7)11(19)10(5)18/h2,17-19H,3H2,1H3,(H,20,21)(H,22,23)(H,24,25). The van der Waals surface area contributed by atoms with Gasteiger partial charge in [-0.2, -0.15) is 0 Å². The number of phenolic OH excluding ortho intramolecular Hbond substituents is 2. The van der Waals surface area contributed by atoms with Gasteiger partial charge in [-0.3, -0.25) is 0 Å². The van der Waals surface area contributed by atoms with E-state index < -0.39 is 51.7 Å². The van der Waals surface area contributed by atoms with E-state index in [0.29, 0.717) is 0 Å². The zero-order chi connectivity index (χ0) is 18.7. The molecule has 0 saturated carbocycles. The average molecular weight is 348 g/mol. The zero-order valence-corrected chi connectivity index (χ0v) is 12.7. The number of nitrogens with one attached hydrogen (secondary N) is 1. The van der Waals surface area contributed by atoms with Crippen molar-refractivity contribution in [1.29, 1.82) is 0 Å². The van der Waals surface area contributed by atoms with Crippen LogP contribution in [0.1, 0.15) is 33.3 Å². The summed E-state index contributed by atoms with van der Waals surface area (Å²) in [5, 5.41) is 50.6. The predicted molar refractivity (Wildman–Crippen MR) is 82.4 cm³/mol. The number of pyridine rings is 1. The molecule has 0 saturated heterocycles. The molecule has 1 atom stereocenters. The summed E-state index contributed by atoms with van der Waals surface area (Å²) >= 11 is 0. The van der Waals surface area contributed by atoms with Crippen LogP contribution in [0.15, 0.2) is 6.07 Å². The fourth-order valence-corrected chi connectivity index (χ4v) is 2.88. The minimum atomic E-state index is -1.54. The van der Waals surface area contributed by atoms with Crippen molar-refractivity contribution in [2.24, 2.45) is 0 Å². The number of aromatic hydroxyl groups is 2. The van der Waals surface area contributed by atoms with Crippen molar-refractivity contribution in [3.8, 4) is 11.5 Å². The Kier molecular flexibility index (Phi) is 3.24. The molecule has 1 aromatic heterocycles. The summed E-state index contributed by atoms with van der Waals surface area (Å²) in [5.74, 6) is -5.75. The molecule has 25 heavy (non-hydrogen) atoms. The number of carboxylic acid groups (broad SMARTS) is 3. The first-order valence-electron chi connectivity index (χ1n) is 6.96. The highest BCUT2D eigenvalue weighted by Crippen LogP contribution is 2.49. The fraction of sp³-hybridized carbons (Fsp3) is 0.200. The van der Waals surface area contributed by atoms with Crippen LogP contribution in [0.5, 0.6) is 11.5 Å². The number of carboxylic acids is 3. The molecule has 1 aliphatic rings. The van der Waals surface area contributed by atoms with E-state index in [9.17, 15) is 34.8 Å². The van der Waals surface area contributed by atoms with E-state index >= 15 is 0 Å². The summed E-state index contributed by atoms with van der Waals surface area (Å²) in [7, 11) is 0. The molecule has 10 nitrogen and oxygen atoms in total. The maximum atomic E-state index is 11.6. The van der Waals surface area contributed by atoms with E-state index in [1.54, 1.807) is 0 Å². The second kappa shape index (κ2) is 4.97. The minimum Gasteiger partial charge on any atom is -0.504 e. The fourth-order valence-electron chi connectivity index (χ4n) is 2.88. The van der Waals surface area contributed by atoms with Gasteiger partial charge in [0.15, 0.2) is 11.5 Å². The Hall–Kier alpha value is -3.56. The minimum absolute atomic E-state index is 0.0160. The van der Waals surface area contributed by atoms with Gasteiger partial charge < -0.3 is 30.8 Å². The van der Waals surface area contributed by atoms with Gasteiger partial charge in [0.2, 0.25) is 0 Å². The van der Waals surface area contributed by atoms with E-state index in [-0.39, 0.29) is 23.1 Å². The van der Waals surface area contributed by atoms with Crippen LogP contribution in [0.3, 0.4) is 0 Å². The third kappa shape index (κ3) is 2.18. The number of phenols is 2. The topological polar surface area (TPSA) is 177 Å². The third-order valence-corrected chi connectivity index (χ3v) is 4.16. The molecular weight excluding hydrogens is 336 g/mol. The van der Waals surface area contributed by atoms with Crippen LogP contribution < -0.4 is 5.32 Å². The van der Waals surface area contributed by atoms with Crippen LogP contribution in [0.2, 0.25) is 0 Å². The molecule has 3 rings (SSSR count). The third-order valence-electron chi connectivity index (χ3n) is 4.16. The molecule has 1 aliphatic heterocycles. The SMILES string of the molecule is CC1(C(=O)O)Cc2c(O)c(O)c3nc(C(=O)O)cc(C(=O)O)c3c2N1. The zero-order valence-electron chi connectivity index (χ0n) is 12.7. The first-order valence-corrected chi connectivity index (χ1v) is 6.96. The number of aromatic carboxylic acids is 2. The highest BCUT2D eigenvalue weighted by molar-refractivity contribution is 6.14. The highest BCUT2D eigenvalue weighted by Gasteiger charge is 2.43. The summed E-state index contributed by atoms with van der Waals surface area (Å²) in [4.78, 5) is 37.9. The molecular formula is C15H12N2O8. The maximum absolute atomic E-state index is 11.6. The van der Waals surface area contributed by atoms with E-state index in [1.165, 1.54) is 6.92 Å². The van der Waals surface area contributed by atoms with Gasteiger partial charge in [0.25, 0.3) is 0 Å². The van der Waals surface area contributed by atoms with Crippen LogP contribution in [0, 0.1) is 0 Å². The smallest absolute Gasteiger partial charge is 0.354 e. The molecule has 0 spiro atoms. The first kappa shape index (κ1) is 16.3. The summed E-state index contributed by atoms with van der Waals surface area (Å²) in [5.41, 5.74) is -3.12. The van der Waals surface area contributed by atoms with Crippen molar-refractivity contribution in [2.75, 3.05) is 5.32 Å². The molecule has 1 aromatic carbocycles. The van der Waals surface area contributed by atoms with E-state index in [0.717, 1.165) is 6.07 Å². The number of carbonyl (C=O) groups is 3. The van der Waals surface area contributed by atoms with Crippen molar-refractivity contribution in [3.63, 3.8) is 0 Å². The number of rotatable bonds is 3. The van der Waals surface area contributed by atoms with Gasteiger partial charge in [0.05, 0.1) is 11.3 Å². The van der Waals surface area contributed by atoms with Crippen LogP contribution >= 0.6 is 0 Å². The van der Waals surface area contributed by atoms with Gasteiger partial charge in [0.1, 0.15) is 16.7 Å². The number of hydrogen-bond acceptors (Lipinski definition) is 7. The molecule has 10 heteroatoms. The summed E-state index contributed by atoms with van der Waals surface area (Å²) in [6.07, 6.45) is -0.216. The Labute approximate surface area is 139 Å². The first-order chi connectivity index (χ1) is 11.6. The summed E-state index contributed by atoms with van der Waals surface area (Å²) in [6.45, 7) is 1.33. The Morgan fingerprint density at radius 1 is 1.12 bits per heavy atom. The number of nitrogens with zero attached hydrogens (tertiary/aromatic N) is 1. The number of fused-ring (bicyclic) bond motifs is 3. The molecule has 6 N–H and O–H groups in total. The van der Waals surface area contributed by atoms with Gasteiger partial charge in [0, 0.05) is 17.4 Å². The quantitative estimate of drug-likeness (QED) is 0.344. The van der Waals surface area contributed by atoms with Crippen molar-refractivity contribution in [1.82, 2.24) is 4.98 Å². The average Bonchev–Trinajstić information content (AvgIpc) is 2.90. The number of hydrogen-bond donors (Lipinski definition) is 6. The molecule has 0 radical (unpaired) electrons. The lowest BCUT2D eigenvalue weighted by Crippen LogP contribution is -2.41. The van der Waals surface area contributed by atoms with Gasteiger partial charge in [-0.15, -0.1) is 0 Å². The molecule has 130 valence electrons. The molecule has 0 bridgehead atoms. The number of aromatic nitrogens is 1. The molecule has 0 aliphatic carbocycles. The normalized spacial score (nSPS) is 18.6. The van der Waals surface area contributed by atoms with Gasteiger partial charge >= 0.3 is 17.9 Å². The Balaban J connectivity index is 2.46. The second-order valence-corrected chi connectivity index (χ2v) is 5.88. The van der Waals surface area contributed by atoms with Crippen LogP contribution in [0.25, 0.3) is 10.9 Å². The summed E-state index contributed by atoms with van der Waals surface area (Å²) in [6, 6.07) is 0.807. The lowest BCUT2D eigenvalue weighted by molar-refractivity contribution is -0.141. The molecule has 0 amide bonds. The molecule has 2 heterocycles. The maximum Gasteiger partial charge on any atom is 0.354 e. The predicted octanol–water partition coefficient (Wildman–Crippen LogP) is 0.854. The van der Waals surface area contributed by atoms with Gasteiger partial charge in [-0.25, -0.2) is 19.4 Å². The highest BCUT2D eigenvalue weighted by atomic mass is 16.4. The van der Waals surface area contributed by atoms with Gasteiger partial charge in [-0.1, -0.05) is 0 Å². The monoisotopic (exact) mass is 348 g/mol. The molecule has 0 fully saturated rings. The lowest BCUT2D eigenvalue weighted by atomic mass is 9.95. The number of anilines is 1. The number of aliphatic carboxylic acids is 1. The van der Waals surface area contributed by atoms with Crippen molar-refractivity contribution in [2.45, 2.75) is 18.9 Å². The van der Waals surface area contributed by atoms with E-state index in [4.69, 9.17) is 5.11 Å². The van der Waals surface area contributed by atoms with Crippen LogP contribution in [0.4, 0.5) is 5.69 Å². The van der Waals surface area contributed by atoms with E-state index in [1.807, 2.05) is 0 Å². The second-order valence-electron chi connectivity index (χ2n) is 5.88. The van der Waals surface area contributed by atoms with E-state index in [2.05, 4.69) is 10.3 Å². The van der Waals surface area contributed by atoms with Crippen LogP contribution in [-0.4, -0.2) is 54.0 Å². The van der Waals surface area contributed by atoms with Crippen LogP contribution in [-0.2, 0) is 11.2 Å². The Morgan fingerprint density at radius 3 is 2.28 bits per heavy atom. The Bertz CT molecular complexity index is 984. The summed E-state index contributed by atoms with van der Waals surface area (Å²) < 4.78 is 0. The largest absolute Gasteiger partial charge is 0.504 e. The molecule has 1 unspecified atom stereocenters. The van der Waals surface area contributed by atoms with Crippen molar-refractivity contribution in [3.05, 3.63) is 22.9 Å². The Morgan fingerprint density at radius 2 is 1.76 bits per heavy atom.